The molecule has 1 unspecified atom stereocenters. The summed E-state index contributed by atoms with van der Waals surface area (Å²) >= 11 is 0. The summed E-state index contributed by atoms with van der Waals surface area (Å²) in [4.78, 5) is 6.05. The average Bonchev–Trinajstić information content (AvgIpc) is 3.16. The van der Waals surface area contributed by atoms with Gasteiger partial charge in [-0.15, -0.1) is 0 Å². The monoisotopic (exact) mass is 334 g/mol. The maximum atomic E-state index is 12.9. The third kappa shape index (κ3) is 2.98. The predicted molar refractivity (Wildman–Crippen MR) is 89.8 cm³/mol. The summed E-state index contributed by atoms with van der Waals surface area (Å²) in [6.07, 6.45) is 4.78. The van der Waals surface area contributed by atoms with Gasteiger partial charge in [-0.1, -0.05) is 12.1 Å². The van der Waals surface area contributed by atoms with Crippen molar-refractivity contribution in [1.29, 1.82) is 0 Å². The second-order valence-electron chi connectivity index (χ2n) is 6.14. The van der Waals surface area contributed by atoms with Crippen LogP contribution in [-0.4, -0.2) is 42.9 Å². The molecule has 3 rings (SSSR count). The molecule has 1 aromatic carbocycles. The minimum absolute atomic E-state index is 0.121. The fourth-order valence-corrected chi connectivity index (χ4v) is 4.67. The summed E-state index contributed by atoms with van der Waals surface area (Å²) in [5.74, 6) is 0. The quantitative estimate of drug-likeness (QED) is 0.858. The predicted octanol–water partition coefficient (Wildman–Crippen LogP) is 2.01. The highest BCUT2D eigenvalue weighted by Gasteiger charge is 2.37. The van der Waals surface area contributed by atoms with Gasteiger partial charge in [0.25, 0.3) is 10.0 Å². The fourth-order valence-electron chi connectivity index (χ4n) is 3.01. The molecule has 0 saturated carbocycles. The Kier molecular flexibility index (Phi) is 4.16. The summed E-state index contributed by atoms with van der Waals surface area (Å²) in [5, 5.41) is 0.121. The van der Waals surface area contributed by atoms with Crippen molar-refractivity contribution in [2.75, 3.05) is 25.5 Å². The number of aryl methyl sites for hydroxylation is 1. The van der Waals surface area contributed by atoms with Gasteiger partial charge in [-0.05, 0) is 30.5 Å². The van der Waals surface area contributed by atoms with Gasteiger partial charge in [-0.25, -0.2) is 13.4 Å². The lowest BCUT2D eigenvalue weighted by Gasteiger charge is -2.24. The standard InChI is InChI=1S/C16H22N4O2S/c1-18(2)14-7-4-6-13(10-14)15-8-5-9-20(15)23(21,22)16-11-19(3)12-17-16/h4,6-7,10-12,15H,5,8-9H2,1-3H3. The molecule has 1 fully saturated rings. The molecule has 1 atom stereocenters. The molecule has 1 aliphatic rings. The van der Waals surface area contributed by atoms with Crippen molar-refractivity contribution in [3.63, 3.8) is 0 Å². The van der Waals surface area contributed by atoms with Gasteiger partial charge in [0.1, 0.15) is 0 Å². The summed E-state index contributed by atoms with van der Waals surface area (Å²) in [6.45, 7) is 0.537. The SMILES string of the molecule is CN(C)c1cccc(C2CCCN2S(=O)(=O)c2cn(C)cn2)c1. The van der Waals surface area contributed by atoms with Crippen molar-refractivity contribution in [2.24, 2.45) is 7.05 Å². The van der Waals surface area contributed by atoms with Gasteiger partial charge >= 0.3 is 0 Å². The second-order valence-corrected chi connectivity index (χ2v) is 7.98. The van der Waals surface area contributed by atoms with E-state index in [4.69, 9.17) is 0 Å². The maximum absolute atomic E-state index is 12.9. The minimum Gasteiger partial charge on any atom is -0.378 e. The topological polar surface area (TPSA) is 58.4 Å². The summed E-state index contributed by atoms with van der Waals surface area (Å²) in [5.41, 5.74) is 2.11. The lowest BCUT2D eigenvalue weighted by Crippen LogP contribution is -2.31. The molecule has 0 spiro atoms. The Labute approximate surface area is 137 Å². The van der Waals surface area contributed by atoms with Crippen LogP contribution in [0.25, 0.3) is 0 Å². The van der Waals surface area contributed by atoms with Crippen LogP contribution in [0.2, 0.25) is 0 Å². The molecule has 0 N–H and O–H groups in total. The Morgan fingerprint density at radius 2 is 2.09 bits per heavy atom. The molecule has 0 radical (unpaired) electrons. The number of benzene rings is 1. The van der Waals surface area contributed by atoms with Crippen LogP contribution in [0.3, 0.4) is 0 Å². The molecule has 0 bridgehead atoms. The van der Waals surface area contributed by atoms with E-state index in [1.54, 1.807) is 22.1 Å². The molecule has 1 aliphatic heterocycles. The zero-order valence-electron chi connectivity index (χ0n) is 13.7. The first-order chi connectivity index (χ1) is 10.9. The molecule has 23 heavy (non-hydrogen) atoms. The van der Waals surface area contributed by atoms with E-state index >= 15 is 0 Å². The maximum Gasteiger partial charge on any atom is 0.262 e. The van der Waals surface area contributed by atoms with Crippen molar-refractivity contribution in [3.8, 4) is 0 Å². The number of nitrogens with zero attached hydrogens (tertiary/aromatic N) is 4. The van der Waals surface area contributed by atoms with E-state index in [1.165, 1.54) is 6.33 Å². The van der Waals surface area contributed by atoms with Gasteiger partial charge in [0.05, 0.1) is 12.4 Å². The van der Waals surface area contributed by atoms with Crippen LogP contribution in [0.1, 0.15) is 24.4 Å². The lowest BCUT2D eigenvalue weighted by molar-refractivity contribution is 0.395. The minimum atomic E-state index is -3.56. The van der Waals surface area contributed by atoms with Crippen LogP contribution >= 0.6 is 0 Å². The molecule has 2 heterocycles. The van der Waals surface area contributed by atoms with E-state index in [2.05, 4.69) is 11.1 Å². The van der Waals surface area contributed by atoms with Crippen LogP contribution in [0.4, 0.5) is 5.69 Å². The third-order valence-electron chi connectivity index (χ3n) is 4.23. The van der Waals surface area contributed by atoms with E-state index in [1.807, 2.05) is 37.2 Å². The Morgan fingerprint density at radius 3 is 2.74 bits per heavy atom. The van der Waals surface area contributed by atoms with Gasteiger partial charge in [0.15, 0.2) is 5.03 Å². The third-order valence-corrected chi connectivity index (χ3v) is 6.02. The zero-order chi connectivity index (χ0) is 16.6. The number of aromatic nitrogens is 2. The van der Waals surface area contributed by atoms with Gasteiger partial charge in [-0.2, -0.15) is 4.31 Å². The van der Waals surface area contributed by atoms with Crippen LogP contribution < -0.4 is 4.90 Å². The van der Waals surface area contributed by atoms with Gasteiger partial charge in [0, 0.05) is 39.6 Å². The van der Waals surface area contributed by atoms with E-state index < -0.39 is 10.0 Å². The van der Waals surface area contributed by atoms with Crippen LogP contribution in [0.5, 0.6) is 0 Å². The van der Waals surface area contributed by atoms with Gasteiger partial charge in [-0.3, -0.25) is 0 Å². The summed E-state index contributed by atoms with van der Waals surface area (Å²) in [7, 11) is 2.18. The second kappa shape index (κ2) is 5.98. The summed E-state index contributed by atoms with van der Waals surface area (Å²) in [6, 6.07) is 7.95. The van der Waals surface area contributed by atoms with Gasteiger partial charge in [0.2, 0.25) is 0 Å². The normalized spacial score (nSPS) is 19.2. The number of hydrogen-bond acceptors (Lipinski definition) is 4. The zero-order valence-corrected chi connectivity index (χ0v) is 14.5. The van der Waals surface area contributed by atoms with Crippen molar-refractivity contribution < 1.29 is 8.42 Å². The van der Waals surface area contributed by atoms with Crippen molar-refractivity contribution in [3.05, 3.63) is 42.4 Å². The van der Waals surface area contributed by atoms with Crippen LogP contribution in [0, 0.1) is 0 Å². The first-order valence-corrected chi connectivity index (χ1v) is 9.10. The highest BCUT2D eigenvalue weighted by Crippen LogP contribution is 2.37. The molecule has 7 heteroatoms. The summed E-state index contributed by atoms with van der Waals surface area (Å²) < 4.78 is 29.0. The Morgan fingerprint density at radius 1 is 1.30 bits per heavy atom. The molecule has 6 nitrogen and oxygen atoms in total. The first kappa shape index (κ1) is 16.0. The average molecular weight is 334 g/mol. The lowest BCUT2D eigenvalue weighted by atomic mass is 10.0. The molecule has 1 aromatic heterocycles. The Bertz CT molecular complexity index is 798. The highest BCUT2D eigenvalue weighted by molar-refractivity contribution is 7.89. The fraction of sp³-hybridized carbons (Fsp3) is 0.438. The van der Waals surface area contributed by atoms with E-state index in [0.717, 1.165) is 24.1 Å². The van der Waals surface area contributed by atoms with Crippen molar-refractivity contribution in [2.45, 2.75) is 23.9 Å². The van der Waals surface area contributed by atoms with Crippen molar-refractivity contribution in [1.82, 2.24) is 13.9 Å². The number of imidazole rings is 1. The molecular weight excluding hydrogens is 312 g/mol. The van der Waals surface area contributed by atoms with Crippen molar-refractivity contribution >= 4 is 15.7 Å². The number of anilines is 1. The van der Waals surface area contributed by atoms with E-state index in [0.29, 0.717) is 6.54 Å². The molecule has 124 valence electrons. The molecular formula is C16H22N4O2S. The van der Waals surface area contributed by atoms with Crippen LogP contribution in [-0.2, 0) is 17.1 Å². The van der Waals surface area contributed by atoms with E-state index in [-0.39, 0.29) is 11.1 Å². The van der Waals surface area contributed by atoms with Crippen LogP contribution in [0.15, 0.2) is 41.8 Å². The molecule has 1 saturated heterocycles. The Balaban J connectivity index is 1.96. The number of hydrogen-bond donors (Lipinski definition) is 0. The van der Waals surface area contributed by atoms with E-state index in [9.17, 15) is 8.42 Å². The number of rotatable bonds is 4. The molecule has 0 aliphatic carbocycles. The first-order valence-electron chi connectivity index (χ1n) is 7.66. The number of sulfonamides is 1. The van der Waals surface area contributed by atoms with Gasteiger partial charge < -0.3 is 9.47 Å². The Hall–Kier alpha value is -1.86. The molecule has 2 aromatic rings. The largest absolute Gasteiger partial charge is 0.378 e. The molecule has 0 amide bonds. The smallest absolute Gasteiger partial charge is 0.262 e. The highest BCUT2D eigenvalue weighted by atomic mass is 32.2.